The smallest absolute Gasteiger partial charge is 0.324 e. The predicted octanol–water partition coefficient (Wildman–Crippen LogP) is 2.64. The van der Waals surface area contributed by atoms with Crippen LogP contribution in [-0.2, 0) is 9.13 Å². The molecular weight excluding hydrogens is 365 g/mol. The zero-order chi connectivity index (χ0) is 16.4. The summed E-state index contributed by atoms with van der Waals surface area (Å²) in [6, 6.07) is 4.01. The highest BCUT2D eigenvalue weighted by Gasteiger charge is 2.43. The number of hydrogen-bond donors (Lipinski definition) is 4. The molecule has 1 aromatic carbocycles. The fourth-order valence-corrected chi connectivity index (χ4v) is 4.40. The normalized spacial score (nSPS) is 12.7. The molecule has 0 bridgehead atoms. The van der Waals surface area contributed by atoms with Crippen molar-refractivity contribution < 1.29 is 33.5 Å². The van der Waals surface area contributed by atoms with Crippen LogP contribution in [0.3, 0.4) is 0 Å². The van der Waals surface area contributed by atoms with Gasteiger partial charge in [0.1, 0.15) is 0 Å². The van der Waals surface area contributed by atoms with Crippen molar-refractivity contribution in [2.45, 2.75) is 18.2 Å². The van der Waals surface area contributed by atoms with Gasteiger partial charge in [-0.3, -0.25) is 13.9 Å². The summed E-state index contributed by atoms with van der Waals surface area (Å²) in [7, 11) is -10.1. The van der Waals surface area contributed by atoms with Crippen LogP contribution < -0.4 is 0 Å². The van der Waals surface area contributed by atoms with Crippen LogP contribution in [0.4, 0.5) is 0 Å². The zero-order valence-electron chi connectivity index (χ0n) is 10.4. The molecule has 118 valence electrons. The monoisotopic (exact) mass is 376 g/mol. The highest BCUT2D eigenvalue weighted by Crippen LogP contribution is 2.61. The standard InChI is InChI=1S/C10H12Cl2O7P2/c11-7-2-1-6(5-8(7)12)9(13)3-4-10(20(14,15)16)21(17,18)19/h1-2,5,10H,3-4H2,(H2,14,15,16)(H2,17,18,19). The van der Waals surface area contributed by atoms with Crippen LogP contribution in [0, 0.1) is 0 Å². The third-order valence-corrected chi connectivity index (χ3v) is 7.26. The van der Waals surface area contributed by atoms with Crippen molar-refractivity contribution in [3.63, 3.8) is 0 Å². The average molecular weight is 377 g/mol. The van der Waals surface area contributed by atoms with Crippen molar-refractivity contribution in [3.05, 3.63) is 33.8 Å². The summed E-state index contributed by atoms with van der Waals surface area (Å²) in [5, 5.41) is -1.84. The molecule has 0 unspecified atom stereocenters. The van der Waals surface area contributed by atoms with Gasteiger partial charge in [-0.2, -0.15) is 0 Å². The molecule has 0 radical (unpaired) electrons. The van der Waals surface area contributed by atoms with E-state index in [1.54, 1.807) is 0 Å². The first-order valence-electron chi connectivity index (χ1n) is 5.51. The fraction of sp³-hybridized carbons (Fsp3) is 0.300. The molecule has 11 heteroatoms. The maximum absolute atomic E-state index is 11.9. The molecule has 0 aliphatic heterocycles. The number of carbonyl (C=O) groups excluding carboxylic acids is 1. The molecule has 1 rings (SSSR count). The summed E-state index contributed by atoms with van der Waals surface area (Å²) in [4.78, 5) is 47.6. The SMILES string of the molecule is O=C(CCC(P(=O)(O)O)P(=O)(O)O)c1ccc(Cl)c(Cl)c1. The molecule has 0 aliphatic rings. The number of carbonyl (C=O) groups is 1. The van der Waals surface area contributed by atoms with Gasteiger partial charge < -0.3 is 19.6 Å². The molecule has 0 spiro atoms. The molecule has 0 amide bonds. The van der Waals surface area contributed by atoms with Crippen LogP contribution in [-0.4, -0.2) is 30.8 Å². The maximum atomic E-state index is 11.9. The lowest BCUT2D eigenvalue weighted by Crippen LogP contribution is -2.12. The molecular formula is C10H12Cl2O7P2. The van der Waals surface area contributed by atoms with Crippen molar-refractivity contribution in [2.24, 2.45) is 0 Å². The molecule has 7 nitrogen and oxygen atoms in total. The number of halogens is 2. The van der Waals surface area contributed by atoms with Gasteiger partial charge in [-0.15, -0.1) is 0 Å². The summed E-state index contributed by atoms with van der Waals surface area (Å²) in [5.41, 5.74) is 0.138. The number of benzene rings is 1. The molecule has 21 heavy (non-hydrogen) atoms. The van der Waals surface area contributed by atoms with Gasteiger partial charge in [0.05, 0.1) is 10.0 Å². The summed E-state index contributed by atoms with van der Waals surface area (Å²) in [6.07, 6.45) is -1.09. The van der Waals surface area contributed by atoms with E-state index in [1.165, 1.54) is 18.2 Å². The van der Waals surface area contributed by atoms with Gasteiger partial charge in [-0.1, -0.05) is 23.2 Å². The van der Waals surface area contributed by atoms with Gasteiger partial charge in [0.15, 0.2) is 11.2 Å². The fourth-order valence-electron chi connectivity index (χ4n) is 1.61. The third-order valence-electron chi connectivity index (χ3n) is 2.65. The van der Waals surface area contributed by atoms with Crippen molar-refractivity contribution in [1.82, 2.24) is 0 Å². The lowest BCUT2D eigenvalue weighted by atomic mass is 10.1. The largest absolute Gasteiger partial charge is 0.340 e. The summed E-state index contributed by atoms with van der Waals surface area (Å²) < 4.78 is 22.2. The zero-order valence-corrected chi connectivity index (χ0v) is 13.7. The van der Waals surface area contributed by atoms with Gasteiger partial charge in [0.25, 0.3) is 0 Å². The van der Waals surface area contributed by atoms with Crippen LogP contribution in [0.25, 0.3) is 0 Å². The third kappa shape index (κ3) is 5.47. The van der Waals surface area contributed by atoms with E-state index >= 15 is 0 Å². The average Bonchev–Trinajstić information content (AvgIpc) is 2.29. The van der Waals surface area contributed by atoms with Crippen LogP contribution in [0.1, 0.15) is 23.2 Å². The lowest BCUT2D eigenvalue weighted by Gasteiger charge is -2.19. The molecule has 1 aromatic rings. The minimum atomic E-state index is -5.03. The van der Waals surface area contributed by atoms with Gasteiger partial charge in [-0.25, -0.2) is 0 Å². The van der Waals surface area contributed by atoms with Gasteiger partial charge >= 0.3 is 15.2 Å². The van der Waals surface area contributed by atoms with Gasteiger partial charge in [0.2, 0.25) is 0 Å². The Kier molecular flexibility index (Phi) is 6.18. The Bertz CT molecular complexity index is 614. The topological polar surface area (TPSA) is 132 Å². The number of ketones is 1. The molecule has 0 aliphatic carbocycles. The second-order valence-electron chi connectivity index (χ2n) is 4.25. The van der Waals surface area contributed by atoms with Crippen LogP contribution >= 0.6 is 38.4 Å². The van der Waals surface area contributed by atoms with Gasteiger partial charge in [0, 0.05) is 12.0 Å². The highest BCUT2D eigenvalue weighted by molar-refractivity contribution is 7.70. The van der Waals surface area contributed by atoms with E-state index in [9.17, 15) is 13.9 Å². The Labute approximate surface area is 130 Å². The summed E-state index contributed by atoms with van der Waals surface area (Å²) in [6.45, 7) is 0. The van der Waals surface area contributed by atoms with Crippen molar-refractivity contribution in [2.75, 3.05) is 0 Å². The Morgan fingerprint density at radius 1 is 1.05 bits per heavy atom. The van der Waals surface area contributed by atoms with Crippen molar-refractivity contribution in [3.8, 4) is 0 Å². The van der Waals surface area contributed by atoms with Crippen molar-refractivity contribution in [1.29, 1.82) is 0 Å². The maximum Gasteiger partial charge on any atom is 0.340 e. The van der Waals surface area contributed by atoms with E-state index < -0.39 is 39.2 Å². The molecule has 4 N–H and O–H groups in total. The molecule has 0 heterocycles. The minimum absolute atomic E-state index is 0.129. The van der Waals surface area contributed by atoms with Crippen LogP contribution in [0.5, 0.6) is 0 Å². The first kappa shape index (κ1) is 18.8. The van der Waals surface area contributed by atoms with E-state index in [0.717, 1.165) is 0 Å². The Morgan fingerprint density at radius 3 is 2.00 bits per heavy atom. The number of rotatable bonds is 6. The lowest BCUT2D eigenvalue weighted by molar-refractivity contribution is 0.0980. The second kappa shape index (κ2) is 6.90. The van der Waals surface area contributed by atoms with E-state index in [4.69, 9.17) is 42.8 Å². The summed E-state index contributed by atoms with van der Waals surface area (Å²) >= 11 is 11.4. The highest BCUT2D eigenvalue weighted by atomic mass is 35.5. The quantitative estimate of drug-likeness (QED) is 0.443. The van der Waals surface area contributed by atoms with E-state index in [0.29, 0.717) is 0 Å². The Morgan fingerprint density at radius 2 is 1.57 bits per heavy atom. The molecule has 0 aromatic heterocycles. The molecule has 0 saturated heterocycles. The first-order chi connectivity index (χ1) is 9.43. The Balaban J connectivity index is 2.86. The number of hydrogen-bond acceptors (Lipinski definition) is 3. The first-order valence-corrected chi connectivity index (χ1v) is 9.63. The second-order valence-corrected chi connectivity index (χ2v) is 9.07. The van der Waals surface area contributed by atoms with Crippen molar-refractivity contribution >= 4 is 44.2 Å². The minimum Gasteiger partial charge on any atom is -0.324 e. The Hall–Kier alpha value is -0.230. The molecule has 0 saturated carbocycles. The van der Waals surface area contributed by atoms with Crippen LogP contribution in [0.15, 0.2) is 18.2 Å². The van der Waals surface area contributed by atoms with E-state index in [-0.39, 0.29) is 15.6 Å². The molecule has 0 atom stereocenters. The van der Waals surface area contributed by atoms with Crippen LogP contribution in [0.2, 0.25) is 10.0 Å². The predicted molar refractivity (Wildman–Crippen MR) is 77.9 cm³/mol. The summed E-state index contributed by atoms with van der Waals surface area (Å²) in [5.74, 6) is -0.555. The number of Topliss-reactive ketones (excluding diaryl/α,β-unsaturated/α-hetero) is 1. The molecule has 0 fully saturated rings. The van der Waals surface area contributed by atoms with E-state index in [2.05, 4.69) is 0 Å². The van der Waals surface area contributed by atoms with E-state index in [1.807, 2.05) is 0 Å². The van der Waals surface area contributed by atoms with Gasteiger partial charge in [-0.05, 0) is 24.6 Å².